The maximum absolute atomic E-state index is 12.7. The van der Waals surface area contributed by atoms with Gasteiger partial charge in [-0.1, -0.05) is 30.2 Å². The highest BCUT2D eigenvalue weighted by Crippen LogP contribution is 2.49. The molecule has 4 heteroatoms. The molecule has 2 bridgehead atoms. The molecule has 2 saturated carbocycles. The summed E-state index contributed by atoms with van der Waals surface area (Å²) in [6.45, 7) is 4.15. The fourth-order valence-electron chi connectivity index (χ4n) is 4.47. The highest BCUT2D eigenvalue weighted by atomic mass is 32.1. The molecule has 1 N–H and O–H groups in total. The Morgan fingerprint density at radius 1 is 1.24 bits per heavy atom. The quantitative estimate of drug-likeness (QED) is 0.819. The van der Waals surface area contributed by atoms with Crippen molar-refractivity contribution in [3.05, 3.63) is 41.0 Å². The molecule has 3 atom stereocenters. The summed E-state index contributed by atoms with van der Waals surface area (Å²) < 4.78 is 0. The average molecular weight is 350 g/mol. The van der Waals surface area contributed by atoms with Gasteiger partial charge in [-0.2, -0.15) is 5.26 Å². The molecule has 2 aromatic rings. The zero-order valence-electron chi connectivity index (χ0n) is 14.6. The minimum atomic E-state index is 0.109. The number of anilines is 1. The van der Waals surface area contributed by atoms with Crippen LogP contribution < -0.4 is 5.32 Å². The molecule has 1 amide bonds. The van der Waals surface area contributed by atoms with E-state index in [1.807, 2.05) is 6.07 Å². The summed E-state index contributed by atoms with van der Waals surface area (Å²) in [5.74, 6) is 1.54. The van der Waals surface area contributed by atoms with Crippen molar-refractivity contribution in [1.29, 1.82) is 5.26 Å². The second-order valence-corrected chi connectivity index (χ2v) is 8.61. The zero-order valence-corrected chi connectivity index (χ0v) is 15.5. The Morgan fingerprint density at radius 2 is 2.08 bits per heavy atom. The van der Waals surface area contributed by atoms with Crippen molar-refractivity contribution in [2.75, 3.05) is 5.32 Å². The summed E-state index contributed by atoms with van der Waals surface area (Å²) in [4.78, 5) is 13.8. The number of hydrogen-bond donors (Lipinski definition) is 1. The third kappa shape index (κ3) is 2.98. The molecule has 25 heavy (non-hydrogen) atoms. The summed E-state index contributed by atoms with van der Waals surface area (Å²) in [5.41, 5.74) is 4.08. The van der Waals surface area contributed by atoms with Gasteiger partial charge < -0.3 is 5.32 Å². The van der Waals surface area contributed by atoms with Gasteiger partial charge in [0.2, 0.25) is 5.91 Å². The van der Waals surface area contributed by atoms with E-state index < -0.39 is 0 Å². The first-order valence-corrected chi connectivity index (χ1v) is 9.79. The first-order chi connectivity index (χ1) is 12.0. The predicted molar refractivity (Wildman–Crippen MR) is 102 cm³/mol. The molecule has 1 aromatic carbocycles. The van der Waals surface area contributed by atoms with Crippen LogP contribution in [0.15, 0.2) is 24.3 Å². The Bertz CT molecular complexity index is 877. The van der Waals surface area contributed by atoms with Gasteiger partial charge in [0.25, 0.3) is 0 Å². The third-order valence-corrected chi connectivity index (χ3v) is 6.91. The van der Waals surface area contributed by atoms with Gasteiger partial charge in [-0.3, -0.25) is 4.79 Å². The molecule has 0 aliphatic heterocycles. The normalized spacial score (nSPS) is 24.3. The van der Waals surface area contributed by atoms with Gasteiger partial charge in [0.1, 0.15) is 11.1 Å². The van der Waals surface area contributed by atoms with Crippen molar-refractivity contribution in [2.24, 2.45) is 17.8 Å². The van der Waals surface area contributed by atoms with Crippen LogP contribution in [0.3, 0.4) is 0 Å². The molecule has 0 radical (unpaired) electrons. The number of nitriles is 1. The lowest BCUT2D eigenvalue weighted by Crippen LogP contribution is -2.27. The molecule has 0 unspecified atom stereocenters. The first-order valence-electron chi connectivity index (χ1n) is 8.97. The van der Waals surface area contributed by atoms with E-state index in [1.165, 1.54) is 41.7 Å². The van der Waals surface area contributed by atoms with Crippen LogP contribution >= 0.6 is 11.3 Å². The Morgan fingerprint density at radius 3 is 2.76 bits per heavy atom. The van der Waals surface area contributed by atoms with Gasteiger partial charge in [0, 0.05) is 10.8 Å². The van der Waals surface area contributed by atoms with E-state index >= 15 is 0 Å². The topological polar surface area (TPSA) is 52.9 Å². The number of nitrogens with one attached hydrogen (secondary N) is 1. The number of fused-ring (bicyclic) bond motifs is 2. The largest absolute Gasteiger partial charge is 0.316 e. The highest BCUT2D eigenvalue weighted by molar-refractivity contribution is 7.19. The van der Waals surface area contributed by atoms with Crippen LogP contribution in [-0.4, -0.2) is 5.91 Å². The van der Waals surface area contributed by atoms with Gasteiger partial charge >= 0.3 is 0 Å². The van der Waals surface area contributed by atoms with Crippen molar-refractivity contribution < 1.29 is 4.79 Å². The van der Waals surface area contributed by atoms with Crippen molar-refractivity contribution in [1.82, 2.24) is 0 Å². The molecule has 0 spiro atoms. The van der Waals surface area contributed by atoms with Crippen molar-refractivity contribution in [3.8, 4) is 16.5 Å². The number of hydrogen-bond acceptors (Lipinski definition) is 3. The van der Waals surface area contributed by atoms with Crippen LogP contribution in [0.2, 0.25) is 0 Å². The highest BCUT2D eigenvalue weighted by Gasteiger charge is 2.43. The monoisotopic (exact) mass is 350 g/mol. The van der Waals surface area contributed by atoms with Crippen LogP contribution in [0.1, 0.15) is 42.4 Å². The van der Waals surface area contributed by atoms with E-state index in [9.17, 15) is 10.1 Å². The van der Waals surface area contributed by atoms with E-state index in [1.54, 1.807) is 0 Å². The number of benzene rings is 1. The minimum Gasteiger partial charge on any atom is -0.316 e. The van der Waals surface area contributed by atoms with Gasteiger partial charge in [-0.15, -0.1) is 11.3 Å². The fourth-order valence-corrected chi connectivity index (χ4v) is 5.56. The molecule has 2 aliphatic rings. The third-order valence-electron chi connectivity index (χ3n) is 5.82. The van der Waals surface area contributed by atoms with E-state index in [0.717, 1.165) is 22.8 Å². The smallest absolute Gasteiger partial charge is 0.228 e. The summed E-state index contributed by atoms with van der Waals surface area (Å²) >= 11 is 1.51. The van der Waals surface area contributed by atoms with Gasteiger partial charge in [-0.05, 0) is 62.1 Å². The second kappa shape index (κ2) is 6.31. The number of carbonyl (C=O) groups is 1. The number of carbonyl (C=O) groups excluding carboxylic acids is 1. The average Bonchev–Trinajstić information content (AvgIpc) is 3.32. The first kappa shape index (κ1) is 16.4. The molecule has 4 rings (SSSR count). The molecule has 3 nitrogen and oxygen atoms in total. The molecule has 128 valence electrons. The number of aryl methyl sites for hydroxylation is 2. The predicted octanol–water partition coefficient (Wildman–Crippen LogP) is 5.28. The van der Waals surface area contributed by atoms with E-state index in [0.29, 0.717) is 16.5 Å². The molecule has 1 heterocycles. The number of rotatable bonds is 3. The molecule has 2 aliphatic carbocycles. The SMILES string of the molecule is Cc1ccc(C)c(-c2cc(C#N)c(NC(=O)[C@@H]3C[C@@H]4CC[C@H]3C4)s2)c1. The molecular weight excluding hydrogens is 328 g/mol. The molecular formula is C21H22N2OS. The lowest BCUT2D eigenvalue weighted by atomic mass is 9.88. The number of amides is 1. The van der Waals surface area contributed by atoms with Crippen LogP contribution in [0, 0.1) is 42.9 Å². The molecule has 2 fully saturated rings. The van der Waals surface area contributed by atoms with Crippen molar-refractivity contribution in [3.63, 3.8) is 0 Å². The Labute approximate surface area is 152 Å². The lowest BCUT2D eigenvalue weighted by Gasteiger charge is -2.20. The lowest BCUT2D eigenvalue weighted by molar-refractivity contribution is -0.121. The summed E-state index contributed by atoms with van der Waals surface area (Å²) in [7, 11) is 0. The van der Waals surface area contributed by atoms with E-state index in [2.05, 4.69) is 43.4 Å². The zero-order chi connectivity index (χ0) is 17.6. The minimum absolute atomic E-state index is 0.109. The van der Waals surface area contributed by atoms with E-state index in [4.69, 9.17) is 0 Å². The summed E-state index contributed by atoms with van der Waals surface area (Å²) in [6.07, 6.45) is 4.70. The fraction of sp³-hybridized carbons (Fsp3) is 0.429. The van der Waals surface area contributed by atoms with Crippen molar-refractivity contribution in [2.45, 2.75) is 39.5 Å². The van der Waals surface area contributed by atoms with Gasteiger partial charge in [-0.25, -0.2) is 0 Å². The van der Waals surface area contributed by atoms with Crippen molar-refractivity contribution >= 4 is 22.2 Å². The Hall–Kier alpha value is -2.12. The Balaban J connectivity index is 1.60. The summed E-state index contributed by atoms with van der Waals surface area (Å²) in [6, 6.07) is 10.5. The van der Waals surface area contributed by atoms with Crippen LogP contribution in [-0.2, 0) is 4.79 Å². The molecule has 0 saturated heterocycles. The molecule has 1 aromatic heterocycles. The Kier molecular flexibility index (Phi) is 4.13. The maximum Gasteiger partial charge on any atom is 0.228 e. The van der Waals surface area contributed by atoms with Crippen LogP contribution in [0.4, 0.5) is 5.00 Å². The standard InChI is InChI=1S/C21H22N2OS/c1-12-3-4-13(2)17(7-12)19-10-16(11-22)21(25-19)23-20(24)18-9-14-5-6-15(18)8-14/h3-4,7,10,14-15,18H,5-6,8-9H2,1-2H3,(H,23,24)/t14-,15+,18-/m1/s1. The van der Waals surface area contributed by atoms with Crippen LogP contribution in [0.25, 0.3) is 10.4 Å². The van der Waals surface area contributed by atoms with Crippen LogP contribution in [0.5, 0.6) is 0 Å². The van der Waals surface area contributed by atoms with E-state index in [-0.39, 0.29) is 11.8 Å². The summed E-state index contributed by atoms with van der Waals surface area (Å²) in [5, 5.41) is 13.3. The second-order valence-electron chi connectivity index (χ2n) is 7.55. The van der Waals surface area contributed by atoms with Gasteiger partial charge in [0.15, 0.2) is 0 Å². The number of nitrogens with zero attached hydrogens (tertiary/aromatic N) is 1. The number of thiophene rings is 1. The maximum atomic E-state index is 12.7. The van der Waals surface area contributed by atoms with Gasteiger partial charge in [0.05, 0.1) is 5.56 Å².